The number of hydrogen-bond acceptors (Lipinski definition) is 5. The van der Waals surface area contributed by atoms with Gasteiger partial charge in [0.1, 0.15) is 29.3 Å². The molecule has 3 rings (SSSR count). The van der Waals surface area contributed by atoms with Crippen LogP contribution in [-0.2, 0) is 6.18 Å². The van der Waals surface area contributed by atoms with E-state index in [-0.39, 0.29) is 22.6 Å². The van der Waals surface area contributed by atoms with Gasteiger partial charge in [0.25, 0.3) is 5.91 Å². The van der Waals surface area contributed by atoms with Gasteiger partial charge in [-0.15, -0.1) is 0 Å². The minimum absolute atomic E-state index is 0.115. The molecular weight excluding hydrogens is 449 g/mol. The van der Waals surface area contributed by atoms with Gasteiger partial charge in [-0.2, -0.15) is 18.2 Å². The van der Waals surface area contributed by atoms with Crippen molar-refractivity contribution in [3.05, 3.63) is 77.2 Å². The van der Waals surface area contributed by atoms with Crippen molar-refractivity contribution in [1.29, 1.82) is 0 Å². The molecule has 0 unspecified atom stereocenters. The van der Waals surface area contributed by atoms with Crippen molar-refractivity contribution >= 4 is 17.2 Å². The number of oxazole rings is 1. The molecule has 0 aliphatic rings. The topological polar surface area (TPSA) is 90.4 Å². The molecule has 0 bridgehead atoms. The first-order valence-corrected chi connectivity index (χ1v) is 9.42. The number of allylic oxidation sites excluding steroid dienone is 1. The monoisotopic (exact) mass is 467 g/mol. The summed E-state index contributed by atoms with van der Waals surface area (Å²) in [6.45, 7) is 6.63. The summed E-state index contributed by atoms with van der Waals surface area (Å²) in [5.41, 5.74) is 4.05. The minimum atomic E-state index is -4.62. The number of rotatable bonds is 6. The number of benzene rings is 2. The number of carbonyl (C=O) groups is 1. The zero-order chi connectivity index (χ0) is 24.5. The molecule has 0 saturated heterocycles. The Hall–Kier alpha value is -3.89. The number of amides is 1. The highest BCUT2D eigenvalue weighted by Gasteiger charge is 2.32. The number of halogens is 5. The second kappa shape index (κ2) is 8.93. The predicted molar refractivity (Wildman–Crippen MR) is 109 cm³/mol. The highest BCUT2D eigenvalue weighted by molar-refractivity contribution is 5.92. The second-order valence-electron chi connectivity index (χ2n) is 7.22. The molecule has 1 aromatic heterocycles. The van der Waals surface area contributed by atoms with Crippen LogP contribution in [0.1, 0.15) is 47.1 Å². The first-order valence-electron chi connectivity index (χ1n) is 9.42. The van der Waals surface area contributed by atoms with Gasteiger partial charge in [-0.25, -0.2) is 8.78 Å². The zero-order valence-electron chi connectivity index (χ0n) is 17.4. The normalized spacial score (nSPS) is 12.3. The Morgan fingerprint density at radius 2 is 1.82 bits per heavy atom. The fourth-order valence-corrected chi connectivity index (χ4v) is 2.79. The fraction of sp³-hybridized carbons (Fsp3) is 0.182. The molecule has 2 aromatic carbocycles. The molecule has 174 valence electrons. The molecule has 0 fully saturated rings. The van der Waals surface area contributed by atoms with Gasteiger partial charge in [-0.1, -0.05) is 12.2 Å². The minimum Gasteiger partial charge on any atom is -0.416 e. The molecule has 0 aliphatic carbocycles. The predicted octanol–water partition coefficient (Wildman–Crippen LogP) is 5.87. The van der Waals surface area contributed by atoms with Crippen LogP contribution < -0.4 is 15.8 Å². The molecule has 3 N–H and O–H groups in total. The first kappa shape index (κ1) is 23.8. The van der Waals surface area contributed by atoms with Crippen molar-refractivity contribution < 1.29 is 35.9 Å². The van der Waals surface area contributed by atoms with Crippen molar-refractivity contribution in [3.63, 3.8) is 0 Å². The Morgan fingerprint density at radius 1 is 1.18 bits per heavy atom. The van der Waals surface area contributed by atoms with E-state index >= 15 is 0 Å². The summed E-state index contributed by atoms with van der Waals surface area (Å²) >= 11 is 0. The number of nitrogen functional groups attached to an aromatic ring is 1. The molecule has 1 heterocycles. The Labute approximate surface area is 184 Å². The second-order valence-corrected chi connectivity index (χ2v) is 7.22. The van der Waals surface area contributed by atoms with E-state index in [1.54, 1.807) is 0 Å². The van der Waals surface area contributed by atoms with Crippen molar-refractivity contribution in [1.82, 2.24) is 10.3 Å². The van der Waals surface area contributed by atoms with Crippen LogP contribution in [0.4, 0.5) is 27.6 Å². The SMILES string of the molecule is C=C(C)c1cc(Oc2nc(C(=O)N[C@H](C)c3cc(F)c(N)c(F)c3)co2)cc(C(F)(F)F)c1. The number of alkyl halides is 3. The molecule has 6 nitrogen and oxygen atoms in total. The summed E-state index contributed by atoms with van der Waals surface area (Å²) in [5, 5.41) is 2.47. The Morgan fingerprint density at radius 3 is 2.39 bits per heavy atom. The van der Waals surface area contributed by atoms with E-state index in [4.69, 9.17) is 14.9 Å². The highest BCUT2D eigenvalue weighted by atomic mass is 19.4. The maximum Gasteiger partial charge on any atom is 0.416 e. The maximum absolute atomic E-state index is 13.7. The van der Waals surface area contributed by atoms with Gasteiger partial charge in [0.2, 0.25) is 0 Å². The smallest absolute Gasteiger partial charge is 0.416 e. The van der Waals surface area contributed by atoms with Gasteiger partial charge in [-0.3, -0.25) is 4.79 Å². The van der Waals surface area contributed by atoms with Crippen LogP contribution in [0.5, 0.6) is 11.8 Å². The lowest BCUT2D eigenvalue weighted by molar-refractivity contribution is -0.137. The van der Waals surface area contributed by atoms with Crippen molar-refractivity contribution in [2.24, 2.45) is 0 Å². The van der Waals surface area contributed by atoms with Crippen LogP contribution in [0.3, 0.4) is 0 Å². The van der Waals surface area contributed by atoms with E-state index in [0.717, 1.165) is 30.5 Å². The van der Waals surface area contributed by atoms with Crippen molar-refractivity contribution in [3.8, 4) is 11.8 Å². The number of hydrogen-bond donors (Lipinski definition) is 2. The molecule has 0 radical (unpaired) electrons. The summed E-state index contributed by atoms with van der Waals surface area (Å²) in [6.07, 6.45) is -4.18. The zero-order valence-corrected chi connectivity index (χ0v) is 17.4. The quantitative estimate of drug-likeness (QED) is 0.350. The van der Waals surface area contributed by atoms with Crippen molar-refractivity contribution in [2.45, 2.75) is 26.1 Å². The van der Waals surface area contributed by atoms with Gasteiger partial charge in [0.05, 0.1) is 11.6 Å². The van der Waals surface area contributed by atoms with Gasteiger partial charge in [0, 0.05) is 0 Å². The average molecular weight is 467 g/mol. The van der Waals surface area contributed by atoms with Crippen molar-refractivity contribution in [2.75, 3.05) is 5.73 Å². The molecule has 0 saturated carbocycles. The number of ether oxygens (including phenoxy) is 1. The summed E-state index contributed by atoms with van der Waals surface area (Å²) < 4.78 is 77.1. The lowest BCUT2D eigenvalue weighted by Crippen LogP contribution is -2.27. The van der Waals surface area contributed by atoms with E-state index in [1.807, 2.05) is 0 Å². The van der Waals surface area contributed by atoms with E-state index in [1.165, 1.54) is 19.9 Å². The van der Waals surface area contributed by atoms with Gasteiger partial charge >= 0.3 is 12.3 Å². The van der Waals surface area contributed by atoms with Crippen LogP contribution in [0, 0.1) is 11.6 Å². The Balaban J connectivity index is 1.77. The van der Waals surface area contributed by atoms with Gasteiger partial charge < -0.3 is 20.2 Å². The van der Waals surface area contributed by atoms with Gasteiger partial charge in [-0.05, 0) is 55.3 Å². The van der Waals surface area contributed by atoms with Crippen LogP contribution >= 0.6 is 0 Å². The summed E-state index contributed by atoms with van der Waals surface area (Å²) in [5.74, 6) is -2.94. The number of aromatic nitrogens is 1. The summed E-state index contributed by atoms with van der Waals surface area (Å²) in [7, 11) is 0. The molecular formula is C22H18F5N3O3. The lowest BCUT2D eigenvalue weighted by atomic mass is 10.0. The van der Waals surface area contributed by atoms with E-state index in [2.05, 4.69) is 16.9 Å². The van der Waals surface area contributed by atoms with Crippen LogP contribution in [0.2, 0.25) is 0 Å². The van der Waals surface area contributed by atoms with E-state index < -0.39 is 47.1 Å². The first-order chi connectivity index (χ1) is 15.3. The number of nitrogens with one attached hydrogen (secondary N) is 1. The highest BCUT2D eigenvalue weighted by Crippen LogP contribution is 2.35. The molecule has 3 aromatic rings. The molecule has 1 amide bonds. The third kappa shape index (κ3) is 5.48. The van der Waals surface area contributed by atoms with Crippen LogP contribution in [0.15, 0.2) is 47.6 Å². The third-order valence-electron chi connectivity index (χ3n) is 4.60. The number of carbonyl (C=O) groups excluding carboxylic acids is 1. The molecule has 1 atom stereocenters. The molecule has 0 aliphatic heterocycles. The third-order valence-corrected chi connectivity index (χ3v) is 4.60. The summed E-state index contributed by atoms with van der Waals surface area (Å²) in [6, 6.07) is 4.12. The standard InChI is InChI=1S/C22H18F5N3O3/c1-10(2)12-4-14(22(25,26)27)8-15(5-12)33-21-30-18(9-32-21)20(31)29-11(3)13-6-16(23)19(28)17(24)7-13/h4-9,11H,1,28H2,2-3H3,(H,29,31)/t11-/m1/s1. The maximum atomic E-state index is 13.7. The van der Waals surface area contributed by atoms with E-state index in [0.29, 0.717) is 5.57 Å². The molecule has 0 spiro atoms. The van der Waals surface area contributed by atoms with Crippen LogP contribution in [-0.4, -0.2) is 10.9 Å². The molecule has 11 heteroatoms. The summed E-state index contributed by atoms with van der Waals surface area (Å²) in [4.78, 5) is 16.2. The van der Waals surface area contributed by atoms with Gasteiger partial charge in [0.15, 0.2) is 5.69 Å². The lowest BCUT2D eigenvalue weighted by Gasteiger charge is -2.14. The number of nitrogens with zero attached hydrogens (tertiary/aromatic N) is 1. The Kier molecular flexibility index (Phi) is 6.43. The van der Waals surface area contributed by atoms with E-state index in [9.17, 15) is 26.7 Å². The fourth-order valence-electron chi connectivity index (χ4n) is 2.79. The van der Waals surface area contributed by atoms with Crippen LogP contribution in [0.25, 0.3) is 5.57 Å². The largest absolute Gasteiger partial charge is 0.416 e. The Bertz CT molecular complexity index is 1200. The number of anilines is 1. The molecule has 33 heavy (non-hydrogen) atoms. The number of nitrogens with two attached hydrogens (primary N) is 1. The average Bonchev–Trinajstić information content (AvgIpc) is 3.19.